The van der Waals surface area contributed by atoms with Gasteiger partial charge in [-0.15, -0.1) is 0 Å². The van der Waals surface area contributed by atoms with Gasteiger partial charge in [0, 0.05) is 6.42 Å². The van der Waals surface area contributed by atoms with E-state index in [4.69, 9.17) is 5.26 Å². The first-order chi connectivity index (χ1) is 11.9. The van der Waals surface area contributed by atoms with Crippen molar-refractivity contribution < 1.29 is 0 Å². The number of allylic oxidation sites excluding steroid dienone is 2. The first-order valence-corrected chi connectivity index (χ1v) is 10.9. The third-order valence-corrected chi connectivity index (χ3v) is 4.80. The smallest absolute Gasteiger partial charge is 0.0621 e. The quantitative estimate of drug-likeness (QED) is 0.172. The van der Waals surface area contributed by atoms with E-state index >= 15 is 0 Å². The van der Waals surface area contributed by atoms with Gasteiger partial charge in [0.05, 0.1) is 6.07 Å². The van der Waals surface area contributed by atoms with Gasteiger partial charge in [0.15, 0.2) is 0 Å². The molecule has 0 atom stereocenters. The van der Waals surface area contributed by atoms with Crippen LogP contribution in [0.1, 0.15) is 129 Å². The van der Waals surface area contributed by atoms with Crippen molar-refractivity contribution >= 4 is 0 Å². The molecule has 24 heavy (non-hydrogen) atoms. The van der Waals surface area contributed by atoms with Crippen molar-refractivity contribution in [2.45, 2.75) is 129 Å². The van der Waals surface area contributed by atoms with E-state index in [2.05, 4.69) is 25.1 Å². The Balaban J connectivity index is 3.02. The summed E-state index contributed by atoms with van der Waals surface area (Å²) in [6.07, 6.45) is 30.1. The van der Waals surface area contributed by atoms with Crippen LogP contribution in [0.25, 0.3) is 0 Å². The maximum Gasteiger partial charge on any atom is 0.0621 e. The molecule has 0 aliphatic heterocycles. The molecule has 0 aromatic carbocycles. The molecule has 140 valence electrons. The standard InChI is InChI=1S/C23H43N/c1-2-3-4-5-6-7-8-9-10-11-12-13-14-15-16-17-18-19-20-21-22-23-24/h17-18H,2-16,19-22H2,1H3. The van der Waals surface area contributed by atoms with Crippen LogP contribution in [-0.4, -0.2) is 0 Å². The lowest BCUT2D eigenvalue weighted by Gasteiger charge is -2.02. The summed E-state index contributed by atoms with van der Waals surface area (Å²) >= 11 is 0. The molecule has 1 heteroatoms. The molecule has 0 aliphatic carbocycles. The SMILES string of the molecule is CCCCCCCCCCCCCCCCC=CCCCCC#N. The zero-order chi connectivity index (χ0) is 17.6. The monoisotopic (exact) mass is 333 g/mol. The average molecular weight is 334 g/mol. The Hall–Kier alpha value is -0.770. The van der Waals surface area contributed by atoms with Gasteiger partial charge < -0.3 is 0 Å². The molecule has 0 radical (unpaired) electrons. The van der Waals surface area contributed by atoms with Gasteiger partial charge in [-0.3, -0.25) is 0 Å². The van der Waals surface area contributed by atoms with Gasteiger partial charge >= 0.3 is 0 Å². The third kappa shape index (κ3) is 21.2. The fourth-order valence-corrected chi connectivity index (χ4v) is 3.16. The molecular formula is C23H43N. The van der Waals surface area contributed by atoms with E-state index in [0.717, 1.165) is 12.8 Å². The lowest BCUT2D eigenvalue weighted by atomic mass is 10.0. The molecule has 0 aliphatic rings. The lowest BCUT2D eigenvalue weighted by molar-refractivity contribution is 0.536. The van der Waals surface area contributed by atoms with E-state index in [1.807, 2.05) is 0 Å². The number of nitrogens with zero attached hydrogens (tertiary/aromatic N) is 1. The summed E-state index contributed by atoms with van der Waals surface area (Å²) < 4.78 is 0. The molecule has 0 saturated heterocycles. The minimum absolute atomic E-state index is 0.715. The Morgan fingerprint density at radius 3 is 1.33 bits per heavy atom. The minimum Gasteiger partial charge on any atom is -0.198 e. The number of rotatable bonds is 19. The molecule has 0 bridgehead atoms. The van der Waals surface area contributed by atoms with Crippen molar-refractivity contribution in [2.24, 2.45) is 0 Å². The first-order valence-electron chi connectivity index (χ1n) is 10.9. The Morgan fingerprint density at radius 1 is 0.542 bits per heavy atom. The summed E-state index contributed by atoms with van der Waals surface area (Å²) in [5.74, 6) is 0. The second kappa shape index (κ2) is 22.2. The topological polar surface area (TPSA) is 23.8 Å². The van der Waals surface area contributed by atoms with Crippen LogP contribution in [-0.2, 0) is 0 Å². The highest BCUT2D eigenvalue weighted by Crippen LogP contribution is 2.13. The normalized spacial score (nSPS) is 11.2. The maximum absolute atomic E-state index is 8.45. The van der Waals surface area contributed by atoms with Gasteiger partial charge in [-0.2, -0.15) is 5.26 Å². The van der Waals surface area contributed by atoms with Crippen molar-refractivity contribution in [1.29, 1.82) is 5.26 Å². The highest BCUT2D eigenvalue weighted by atomic mass is 14.2. The van der Waals surface area contributed by atoms with Crippen LogP contribution >= 0.6 is 0 Å². The van der Waals surface area contributed by atoms with Crippen LogP contribution in [0.4, 0.5) is 0 Å². The highest BCUT2D eigenvalue weighted by molar-refractivity contribution is 4.81. The molecule has 0 amide bonds. The molecule has 0 fully saturated rings. The minimum atomic E-state index is 0.715. The molecule has 0 saturated carbocycles. The van der Waals surface area contributed by atoms with Gasteiger partial charge in [-0.25, -0.2) is 0 Å². The molecule has 0 spiro atoms. The van der Waals surface area contributed by atoms with Gasteiger partial charge in [0.1, 0.15) is 0 Å². The van der Waals surface area contributed by atoms with E-state index in [-0.39, 0.29) is 0 Å². The van der Waals surface area contributed by atoms with Crippen molar-refractivity contribution in [2.75, 3.05) is 0 Å². The molecule has 0 aromatic rings. The molecule has 0 unspecified atom stereocenters. The molecule has 0 N–H and O–H groups in total. The average Bonchev–Trinajstić information content (AvgIpc) is 2.60. The van der Waals surface area contributed by atoms with Crippen molar-refractivity contribution in [1.82, 2.24) is 0 Å². The zero-order valence-corrected chi connectivity index (χ0v) is 16.5. The first kappa shape index (κ1) is 23.2. The van der Waals surface area contributed by atoms with Crippen molar-refractivity contribution in [3.05, 3.63) is 12.2 Å². The lowest BCUT2D eigenvalue weighted by Crippen LogP contribution is -1.83. The summed E-state index contributed by atoms with van der Waals surface area (Å²) in [5, 5.41) is 8.45. The third-order valence-electron chi connectivity index (χ3n) is 4.80. The molecule has 0 rings (SSSR count). The highest BCUT2D eigenvalue weighted by Gasteiger charge is 1.93. The van der Waals surface area contributed by atoms with Crippen LogP contribution < -0.4 is 0 Å². The van der Waals surface area contributed by atoms with Gasteiger partial charge in [0.25, 0.3) is 0 Å². The van der Waals surface area contributed by atoms with E-state index < -0.39 is 0 Å². The van der Waals surface area contributed by atoms with Gasteiger partial charge in [-0.05, 0) is 32.1 Å². The summed E-state index contributed by atoms with van der Waals surface area (Å²) in [4.78, 5) is 0. The van der Waals surface area contributed by atoms with E-state index in [0.29, 0.717) is 6.42 Å². The van der Waals surface area contributed by atoms with Crippen molar-refractivity contribution in [3.63, 3.8) is 0 Å². The van der Waals surface area contributed by atoms with Gasteiger partial charge in [0.2, 0.25) is 0 Å². The second-order valence-corrected chi connectivity index (χ2v) is 7.26. The largest absolute Gasteiger partial charge is 0.198 e. The number of hydrogen-bond donors (Lipinski definition) is 0. The second-order valence-electron chi connectivity index (χ2n) is 7.26. The summed E-state index contributed by atoms with van der Waals surface area (Å²) in [5.41, 5.74) is 0. The zero-order valence-electron chi connectivity index (χ0n) is 16.5. The maximum atomic E-state index is 8.45. The van der Waals surface area contributed by atoms with Crippen LogP contribution in [0, 0.1) is 11.3 Å². The van der Waals surface area contributed by atoms with Crippen LogP contribution in [0.2, 0.25) is 0 Å². The Morgan fingerprint density at radius 2 is 0.917 bits per heavy atom. The Kier molecular flexibility index (Phi) is 21.5. The predicted molar refractivity (Wildman–Crippen MR) is 108 cm³/mol. The number of nitriles is 1. The molecule has 0 aromatic heterocycles. The van der Waals surface area contributed by atoms with Crippen molar-refractivity contribution in [3.8, 4) is 6.07 Å². The predicted octanol–water partition coefficient (Wildman–Crippen LogP) is 8.50. The van der Waals surface area contributed by atoms with Crippen LogP contribution in [0.15, 0.2) is 12.2 Å². The van der Waals surface area contributed by atoms with Crippen LogP contribution in [0.5, 0.6) is 0 Å². The van der Waals surface area contributed by atoms with Gasteiger partial charge in [-0.1, -0.05) is 103 Å². The van der Waals surface area contributed by atoms with E-state index in [9.17, 15) is 0 Å². The Labute approximate surface area is 152 Å². The number of hydrogen-bond acceptors (Lipinski definition) is 1. The number of unbranched alkanes of at least 4 members (excludes halogenated alkanes) is 17. The molecule has 1 nitrogen and oxygen atoms in total. The Bertz CT molecular complexity index is 287. The van der Waals surface area contributed by atoms with E-state index in [1.165, 1.54) is 103 Å². The van der Waals surface area contributed by atoms with Crippen LogP contribution in [0.3, 0.4) is 0 Å². The van der Waals surface area contributed by atoms with E-state index in [1.54, 1.807) is 0 Å². The molecular weight excluding hydrogens is 290 g/mol. The summed E-state index contributed by atoms with van der Waals surface area (Å²) in [7, 11) is 0. The fraction of sp³-hybridized carbons (Fsp3) is 0.870. The fourth-order valence-electron chi connectivity index (χ4n) is 3.16. The summed E-state index contributed by atoms with van der Waals surface area (Å²) in [6, 6.07) is 2.20. The summed E-state index contributed by atoms with van der Waals surface area (Å²) in [6.45, 7) is 2.29. The molecule has 0 heterocycles.